The molecular formula is C12H9ClN2O. The number of hydrogen-bond donors (Lipinski definition) is 1. The van der Waals surface area contributed by atoms with Gasteiger partial charge in [-0.1, -0.05) is 11.6 Å². The summed E-state index contributed by atoms with van der Waals surface area (Å²) in [6, 6.07) is 12.3. The zero-order valence-corrected chi connectivity index (χ0v) is 9.11. The summed E-state index contributed by atoms with van der Waals surface area (Å²) in [5.74, 6) is 0.595. The minimum absolute atomic E-state index is 0.490. The van der Waals surface area contributed by atoms with Crippen molar-refractivity contribution in [1.82, 2.24) is 0 Å². The second kappa shape index (κ2) is 4.73. The molecule has 1 aromatic carbocycles. The first-order valence-corrected chi connectivity index (χ1v) is 5.12. The molecule has 3 nitrogen and oxygen atoms in total. The summed E-state index contributed by atoms with van der Waals surface area (Å²) in [5, 5.41) is 12.7. The van der Waals surface area contributed by atoms with Gasteiger partial charge in [0, 0.05) is 10.7 Å². The normalized spacial score (nSPS) is 11.8. The number of furan rings is 1. The molecule has 0 saturated heterocycles. The van der Waals surface area contributed by atoms with Crippen molar-refractivity contribution in [3.05, 3.63) is 53.4 Å². The van der Waals surface area contributed by atoms with Crippen LogP contribution >= 0.6 is 11.6 Å². The quantitative estimate of drug-likeness (QED) is 0.880. The number of nitrogens with zero attached hydrogens (tertiary/aromatic N) is 1. The number of rotatable bonds is 3. The molecule has 0 aliphatic carbocycles. The third kappa shape index (κ3) is 2.36. The van der Waals surface area contributed by atoms with Crippen molar-refractivity contribution >= 4 is 17.3 Å². The molecule has 0 aliphatic rings. The third-order valence-corrected chi connectivity index (χ3v) is 2.36. The average molecular weight is 233 g/mol. The third-order valence-electron chi connectivity index (χ3n) is 2.11. The summed E-state index contributed by atoms with van der Waals surface area (Å²) in [7, 11) is 0. The molecule has 16 heavy (non-hydrogen) atoms. The Bertz CT molecular complexity index is 485. The second-order valence-electron chi connectivity index (χ2n) is 3.23. The summed E-state index contributed by atoms with van der Waals surface area (Å²) in [4.78, 5) is 0. The van der Waals surface area contributed by atoms with E-state index in [-0.39, 0.29) is 0 Å². The van der Waals surface area contributed by atoms with Crippen LogP contribution in [0.2, 0.25) is 5.02 Å². The predicted molar refractivity (Wildman–Crippen MR) is 62.1 cm³/mol. The highest BCUT2D eigenvalue weighted by Gasteiger charge is 2.12. The van der Waals surface area contributed by atoms with Gasteiger partial charge in [0.15, 0.2) is 6.04 Å². The molecule has 4 heteroatoms. The minimum atomic E-state index is -0.490. The molecule has 1 atom stereocenters. The van der Waals surface area contributed by atoms with Crippen LogP contribution in [-0.2, 0) is 0 Å². The predicted octanol–water partition coefficient (Wildman–Crippen LogP) is 3.61. The molecule has 0 spiro atoms. The van der Waals surface area contributed by atoms with Gasteiger partial charge in [0.25, 0.3) is 0 Å². The molecule has 2 aromatic rings. The Hall–Kier alpha value is -1.92. The van der Waals surface area contributed by atoms with E-state index in [1.165, 1.54) is 0 Å². The Morgan fingerprint density at radius 1 is 1.25 bits per heavy atom. The number of nitriles is 1. The lowest BCUT2D eigenvalue weighted by molar-refractivity contribution is 0.505. The standard InChI is InChI=1S/C12H9ClN2O/c13-9-3-5-10(6-4-9)15-11(8-14)12-2-1-7-16-12/h1-7,11,15H/t11-/m1/s1. The Labute approximate surface area is 98.3 Å². The van der Waals surface area contributed by atoms with Crippen molar-refractivity contribution in [3.8, 4) is 6.07 Å². The van der Waals surface area contributed by atoms with Gasteiger partial charge in [-0.3, -0.25) is 0 Å². The smallest absolute Gasteiger partial charge is 0.173 e. The van der Waals surface area contributed by atoms with Gasteiger partial charge in [-0.15, -0.1) is 0 Å². The van der Waals surface area contributed by atoms with Crippen LogP contribution in [0.15, 0.2) is 47.1 Å². The lowest BCUT2D eigenvalue weighted by Gasteiger charge is -2.10. The largest absolute Gasteiger partial charge is 0.466 e. The van der Waals surface area contributed by atoms with Crippen molar-refractivity contribution in [1.29, 1.82) is 5.26 Å². The lowest BCUT2D eigenvalue weighted by Crippen LogP contribution is -2.07. The average Bonchev–Trinajstić information content (AvgIpc) is 2.82. The van der Waals surface area contributed by atoms with Gasteiger partial charge in [0.05, 0.1) is 12.3 Å². The maximum absolute atomic E-state index is 9.02. The molecule has 1 heterocycles. The summed E-state index contributed by atoms with van der Waals surface area (Å²) >= 11 is 5.77. The van der Waals surface area contributed by atoms with E-state index >= 15 is 0 Å². The highest BCUT2D eigenvalue weighted by Crippen LogP contribution is 2.20. The molecule has 0 saturated carbocycles. The zero-order chi connectivity index (χ0) is 11.4. The monoisotopic (exact) mass is 232 g/mol. The maximum Gasteiger partial charge on any atom is 0.173 e. The molecule has 80 valence electrons. The molecule has 0 radical (unpaired) electrons. The van der Waals surface area contributed by atoms with E-state index in [0.717, 1.165) is 5.69 Å². The van der Waals surface area contributed by atoms with E-state index in [1.54, 1.807) is 30.5 Å². The van der Waals surface area contributed by atoms with Crippen LogP contribution in [0.3, 0.4) is 0 Å². The summed E-state index contributed by atoms with van der Waals surface area (Å²) in [6.07, 6.45) is 1.54. The van der Waals surface area contributed by atoms with E-state index in [4.69, 9.17) is 21.3 Å². The number of halogens is 1. The van der Waals surface area contributed by atoms with Crippen LogP contribution in [0.4, 0.5) is 5.69 Å². The van der Waals surface area contributed by atoms with Gasteiger partial charge < -0.3 is 9.73 Å². The zero-order valence-electron chi connectivity index (χ0n) is 8.35. The first kappa shape index (κ1) is 10.6. The summed E-state index contributed by atoms with van der Waals surface area (Å²) in [6.45, 7) is 0. The van der Waals surface area contributed by atoms with E-state index in [9.17, 15) is 0 Å². The van der Waals surface area contributed by atoms with E-state index in [1.807, 2.05) is 12.1 Å². The van der Waals surface area contributed by atoms with Crippen molar-refractivity contribution < 1.29 is 4.42 Å². The van der Waals surface area contributed by atoms with Gasteiger partial charge in [0.2, 0.25) is 0 Å². The minimum Gasteiger partial charge on any atom is -0.466 e. The summed E-state index contributed by atoms with van der Waals surface area (Å²) < 4.78 is 5.17. The topological polar surface area (TPSA) is 49.0 Å². The highest BCUT2D eigenvalue weighted by molar-refractivity contribution is 6.30. The second-order valence-corrected chi connectivity index (χ2v) is 3.67. The Kier molecular flexibility index (Phi) is 3.13. The van der Waals surface area contributed by atoms with Crippen molar-refractivity contribution in [2.45, 2.75) is 6.04 Å². The van der Waals surface area contributed by atoms with Crippen LogP contribution in [0, 0.1) is 11.3 Å². The first-order chi connectivity index (χ1) is 7.79. The first-order valence-electron chi connectivity index (χ1n) is 4.75. The SMILES string of the molecule is N#C[C@@H](Nc1ccc(Cl)cc1)c1ccco1. The van der Waals surface area contributed by atoms with E-state index in [2.05, 4.69) is 11.4 Å². The van der Waals surface area contributed by atoms with Crippen LogP contribution < -0.4 is 5.32 Å². The van der Waals surface area contributed by atoms with Gasteiger partial charge in [-0.25, -0.2) is 0 Å². The molecule has 0 aliphatic heterocycles. The fourth-order valence-corrected chi connectivity index (χ4v) is 1.46. The Morgan fingerprint density at radius 3 is 2.56 bits per heavy atom. The molecular weight excluding hydrogens is 224 g/mol. The van der Waals surface area contributed by atoms with E-state index < -0.39 is 6.04 Å². The van der Waals surface area contributed by atoms with Gasteiger partial charge in [-0.2, -0.15) is 5.26 Å². The number of benzene rings is 1. The lowest BCUT2D eigenvalue weighted by atomic mass is 10.2. The molecule has 0 fully saturated rings. The fraction of sp³-hybridized carbons (Fsp3) is 0.0833. The Balaban J connectivity index is 2.14. The van der Waals surface area contributed by atoms with Gasteiger partial charge >= 0.3 is 0 Å². The number of hydrogen-bond acceptors (Lipinski definition) is 3. The van der Waals surface area contributed by atoms with Crippen LogP contribution in [0.5, 0.6) is 0 Å². The molecule has 2 rings (SSSR count). The molecule has 1 aromatic heterocycles. The molecule has 0 unspecified atom stereocenters. The van der Waals surface area contributed by atoms with Gasteiger partial charge in [-0.05, 0) is 36.4 Å². The Morgan fingerprint density at radius 2 is 2.00 bits per heavy atom. The molecule has 0 amide bonds. The number of nitrogens with one attached hydrogen (secondary N) is 1. The number of anilines is 1. The molecule has 0 bridgehead atoms. The van der Waals surface area contributed by atoms with Crippen molar-refractivity contribution in [3.63, 3.8) is 0 Å². The van der Waals surface area contributed by atoms with Crippen LogP contribution in [0.25, 0.3) is 0 Å². The highest BCUT2D eigenvalue weighted by atomic mass is 35.5. The van der Waals surface area contributed by atoms with Crippen molar-refractivity contribution in [2.75, 3.05) is 5.32 Å². The van der Waals surface area contributed by atoms with Gasteiger partial charge in [0.1, 0.15) is 5.76 Å². The summed E-state index contributed by atoms with van der Waals surface area (Å²) in [5.41, 5.74) is 0.826. The van der Waals surface area contributed by atoms with Crippen LogP contribution in [-0.4, -0.2) is 0 Å². The fourth-order valence-electron chi connectivity index (χ4n) is 1.34. The molecule has 1 N–H and O–H groups in total. The van der Waals surface area contributed by atoms with E-state index in [0.29, 0.717) is 10.8 Å². The van der Waals surface area contributed by atoms with Crippen LogP contribution in [0.1, 0.15) is 11.8 Å². The van der Waals surface area contributed by atoms with Crippen molar-refractivity contribution in [2.24, 2.45) is 0 Å². The maximum atomic E-state index is 9.02.